The highest BCUT2D eigenvalue weighted by molar-refractivity contribution is 5.12. The van der Waals surface area contributed by atoms with Crippen LogP contribution in [0.25, 0.3) is 0 Å². The van der Waals surface area contributed by atoms with E-state index in [0.29, 0.717) is 16.7 Å². The summed E-state index contributed by atoms with van der Waals surface area (Å²) in [4.78, 5) is 0. The molecule has 0 heterocycles. The summed E-state index contributed by atoms with van der Waals surface area (Å²) in [6.07, 6.45) is 14.2. The Morgan fingerprint density at radius 3 is 2.08 bits per heavy atom. The van der Waals surface area contributed by atoms with E-state index in [1.165, 1.54) is 64.2 Å². The average Bonchev–Trinajstić information content (AvgIpc) is 3.01. The molecule has 0 aromatic carbocycles. The van der Waals surface area contributed by atoms with Gasteiger partial charge in [0, 0.05) is 0 Å². The Labute approximate surface area is 158 Å². The minimum atomic E-state index is 0.348. The minimum absolute atomic E-state index is 0.348. The summed E-state index contributed by atoms with van der Waals surface area (Å²) in [5.74, 6) is 4.15. The lowest BCUT2D eigenvalue weighted by atomic mass is 9.45. The molecule has 4 aliphatic rings. The van der Waals surface area contributed by atoms with Crippen LogP contribution >= 0.6 is 0 Å². The van der Waals surface area contributed by atoms with Gasteiger partial charge in [0.1, 0.15) is 0 Å². The van der Waals surface area contributed by atoms with Gasteiger partial charge in [0.05, 0.1) is 12.0 Å². The zero-order valence-electron chi connectivity index (χ0n) is 17.9. The molecule has 0 bridgehead atoms. The standard InChI is InChI=1S/C20H31N.2C2H6/c1-19-11-4-3-5-14(19)6-8-16-17-9-7-15(13-21)20(17,2)12-10-18(16)19;2*1-2/h14-18H,3-12H2,1-2H3;2*1-2H3. The van der Waals surface area contributed by atoms with Crippen molar-refractivity contribution < 1.29 is 0 Å². The molecular formula is C24H43N. The first-order chi connectivity index (χ1) is 12.1. The first kappa shape index (κ1) is 20.8. The van der Waals surface area contributed by atoms with Crippen molar-refractivity contribution in [3.05, 3.63) is 0 Å². The maximum atomic E-state index is 9.55. The van der Waals surface area contributed by atoms with Gasteiger partial charge >= 0.3 is 0 Å². The van der Waals surface area contributed by atoms with Gasteiger partial charge in [-0.05, 0) is 85.9 Å². The number of hydrogen-bond donors (Lipinski definition) is 0. The summed E-state index contributed by atoms with van der Waals surface area (Å²) in [5, 5.41) is 9.55. The zero-order valence-corrected chi connectivity index (χ0v) is 17.9. The van der Waals surface area contributed by atoms with Gasteiger partial charge in [-0.25, -0.2) is 0 Å². The third-order valence-electron chi connectivity index (χ3n) is 8.74. The van der Waals surface area contributed by atoms with Crippen LogP contribution in [-0.4, -0.2) is 0 Å². The van der Waals surface area contributed by atoms with Crippen LogP contribution in [0.15, 0.2) is 0 Å². The van der Waals surface area contributed by atoms with Crippen LogP contribution in [0.5, 0.6) is 0 Å². The lowest BCUT2D eigenvalue weighted by Gasteiger charge is -2.60. The Balaban J connectivity index is 0.000000528. The first-order valence-corrected chi connectivity index (χ1v) is 11.5. The topological polar surface area (TPSA) is 23.8 Å². The van der Waals surface area contributed by atoms with E-state index in [-0.39, 0.29) is 0 Å². The molecule has 1 heteroatoms. The van der Waals surface area contributed by atoms with Gasteiger partial charge in [-0.3, -0.25) is 0 Å². The third-order valence-corrected chi connectivity index (χ3v) is 8.74. The van der Waals surface area contributed by atoms with Gasteiger partial charge < -0.3 is 0 Å². The van der Waals surface area contributed by atoms with Crippen LogP contribution in [-0.2, 0) is 0 Å². The molecule has 144 valence electrons. The fourth-order valence-electron chi connectivity index (χ4n) is 7.51. The Kier molecular flexibility index (Phi) is 7.03. The Morgan fingerprint density at radius 2 is 1.40 bits per heavy atom. The van der Waals surface area contributed by atoms with E-state index in [9.17, 15) is 5.26 Å². The van der Waals surface area contributed by atoms with Crippen molar-refractivity contribution in [2.45, 2.75) is 106 Å². The van der Waals surface area contributed by atoms with Crippen LogP contribution < -0.4 is 0 Å². The maximum absolute atomic E-state index is 9.55. The van der Waals surface area contributed by atoms with Crippen LogP contribution in [0.3, 0.4) is 0 Å². The van der Waals surface area contributed by atoms with Crippen molar-refractivity contribution in [3.63, 3.8) is 0 Å². The van der Waals surface area contributed by atoms with Gasteiger partial charge in [0.15, 0.2) is 0 Å². The predicted octanol–water partition coefficient (Wildman–Crippen LogP) is 7.61. The molecule has 25 heavy (non-hydrogen) atoms. The van der Waals surface area contributed by atoms with Crippen LogP contribution in [0.2, 0.25) is 0 Å². The number of hydrogen-bond acceptors (Lipinski definition) is 1. The average molecular weight is 346 g/mol. The summed E-state index contributed by atoms with van der Waals surface area (Å²) in [6, 6.07) is 2.66. The molecule has 7 unspecified atom stereocenters. The quantitative estimate of drug-likeness (QED) is 0.443. The van der Waals surface area contributed by atoms with Crippen molar-refractivity contribution in [3.8, 4) is 6.07 Å². The predicted molar refractivity (Wildman–Crippen MR) is 108 cm³/mol. The second-order valence-corrected chi connectivity index (χ2v) is 9.21. The van der Waals surface area contributed by atoms with Crippen molar-refractivity contribution in [2.75, 3.05) is 0 Å². The first-order valence-electron chi connectivity index (χ1n) is 11.5. The molecule has 4 aliphatic carbocycles. The molecule has 0 spiro atoms. The highest BCUT2D eigenvalue weighted by Gasteiger charge is 2.59. The zero-order chi connectivity index (χ0) is 18.7. The molecule has 0 aromatic rings. The van der Waals surface area contributed by atoms with Gasteiger partial charge in [0.2, 0.25) is 0 Å². The molecule has 7 atom stereocenters. The molecule has 0 saturated heterocycles. The fourth-order valence-corrected chi connectivity index (χ4v) is 7.51. The number of nitrogens with zero attached hydrogens (tertiary/aromatic N) is 1. The smallest absolute Gasteiger partial charge is 0.0661 e. The largest absolute Gasteiger partial charge is 0.198 e. The fraction of sp³-hybridized carbons (Fsp3) is 0.958. The summed E-state index contributed by atoms with van der Waals surface area (Å²) in [7, 11) is 0. The highest BCUT2D eigenvalue weighted by Crippen LogP contribution is 2.67. The van der Waals surface area contributed by atoms with Crippen LogP contribution in [0.1, 0.15) is 106 Å². The Morgan fingerprint density at radius 1 is 0.720 bits per heavy atom. The lowest BCUT2D eigenvalue weighted by molar-refractivity contribution is -0.107. The second kappa shape index (κ2) is 8.45. The summed E-state index contributed by atoms with van der Waals surface area (Å²) < 4.78 is 0. The molecule has 0 amide bonds. The monoisotopic (exact) mass is 345 g/mol. The van der Waals surface area contributed by atoms with E-state index in [1.807, 2.05) is 27.7 Å². The van der Waals surface area contributed by atoms with E-state index in [0.717, 1.165) is 23.7 Å². The number of fused-ring (bicyclic) bond motifs is 5. The summed E-state index contributed by atoms with van der Waals surface area (Å²) in [5.41, 5.74) is 1.00. The highest BCUT2D eigenvalue weighted by atomic mass is 14.6. The van der Waals surface area contributed by atoms with E-state index in [4.69, 9.17) is 0 Å². The molecule has 1 nitrogen and oxygen atoms in total. The van der Waals surface area contributed by atoms with E-state index < -0.39 is 0 Å². The molecule has 0 N–H and O–H groups in total. The molecular weight excluding hydrogens is 302 g/mol. The number of rotatable bonds is 0. The molecule has 4 saturated carbocycles. The van der Waals surface area contributed by atoms with Crippen molar-refractivity contribution in [1.29, 1.82) is 5.26 Å². The third kappa shape index (κ3) is 3.28. The van der Waals surface area contributed by atoms with Crippen molar-refractivity contribution in [1.82, 2.24) is 0 Å². The summed E-state index contributed by atoms with van der Waals surface area (Å²) >= 11 is 0. The van der Waals surface area contributed by atoms with Crippen LogP contribution in [0.4, 0.5) is 0 Å². The molecule has 0 aromatic heterocycles. The maximum Gasteiger partial charge on any atom is 0.0661 e. The van der Waals surface area contributed by atoms with Gasteiger partial charge in [-0.2, -0.15) is 5.26 Å². The number of nitriles is 1. The van der Waals surface area contributed by atoms with E-state index >= 15 is 0 Å². The van der Waals surface area contributed by atoms with E-state index in [2.05, 4.69) is 19.9 Å². The minimum Gasteiger partial charge on any atom is -0.198 e. The summed E-state index contributed by atoms with van der Waals surface area (Å²) in [6.45, 7) is 13.1. The van der Waals surface area contributed by atoms with E-state index in [1.54, 1.807) is 0 Å². The molecule has 0 aliphatic heterocycles. The Hall–Kier alpha value is -0.510. The van der Waals surface area contributed by atoms with Crippen molar-refractivity contribution >= 4 is 0 Å². The Bertz CT molecular complexity index is 463. The van der Waals surface area contributed by atoms with Gasteiger partial charge in [0.25, 0.3) is 0 Å². The van der Waals surface area contributed by atoms with Gasteiger partial charge in [-0.1, -0.05) is 54.4 Å². The van der Waals surface area contributed by atoms with Crippen molar-refractivity contribution in [2.24, 2.45) is 40.4 Å². The molecule has 4 rings (SSSR count). The lowest BCUT2D eigenvalue weighted by Crippen LogP contribution is -2.52. The second-order valence-electron chi connectivity index (χ2n) is 9.21. The SMILES string of the molecule is CC.CC.CC12CCC3C(CCC4CCCCC43C)C1CCC2C#N. The normalized spacial score (nSPS) is 47.5. The van der Waals surface area contributed by atoms with Crippen LogP contribution in [0, 0.1) is 51.8 Å². The molecule has 0 radical (unpaired) electrons. The molecule has 4 fully saturated rings. The van der Waals surface area contributed by atoms with Gasteiger partial charge in [-0.15, -0.1) is 0 Å².